The summed E-state index contributed by atoms with van der Waals surface area (Å²) in [7, 11) is 0. The van der Waals surface area contributed by atoms with Gasteiger partial charge in [-0.15, -0.1) is 12.4 Å². The van der Waals surface area contributed by atoms with Gasteiger partial charge in [-0.3, -0.25) is 0 Å². The Morgan fingerprint density at radius 1 is 1.67 bits per heavy atom. The summed E-state index contributed by atoms with van der Waals surface area (Å²) in [6, 6.07) is 0. The Kier molecular flexibility index (Phi) is 5.69. The van der Waals surface area contributed by atoms with Crippen LogP contribution in [0.1, 0.15) is 0 Å². The lowest BCUT2D eigenvalue weighted by Gasteiger charge is -2.21. The summed E-state index contributed by atoms with van der Waals surface area (Å²) >= 11 is 4.10. The van der Waals surface area contributed by atoms with E-state index in [0.29, 0.717) is 6.10 Å². The van der Waals surface area contributed by atoms with Crippen LogP contribution in [0.5, 0.6) is 0 Å². The lowest BCUT2D eigenvalue weighted by Crippen LogP contribution is -2.39. The van der Waals surface area contributed by atoms with E-state index in [2.05, 4.69) is 17.9 Å². The third-order valence-corrected chi connectivity index (χ3v) is 1.62. The quantitative estimate of drug-likeness (QED) is 0.552. The zero-order valence-corrected chi connectivity index (χ0v) is 6.88. The number of hydrogen-bond acceptors (Lipinski definition) is 3. The standard InChI is InChI=1S/C5H11NOS.ClH/c8-4-5-3-6-1-2-7-5;/h5-6,8H,1-4H2;1H/t5-;/m1./s1. The van der Waals surface area contributed by atoms with Gasteiger partial charge in [0.05, 0.1) is 12.7 Å². The average Bonchev–Trinajstić information content (AvgIpc) is 1.90. The average molecular weight is 170 g/mol. The predicted octanol–water partition coefficient (Wildman–Crippen LogP) is 0.326. The Morgan fingerprint density at radius 2 is 2.44 bits per heavy atom. The molecule has 1 rings (SSSR count). The van der Waals surface area contributed by atoms with E-state index in [1.165, 1.54) is 0 Å². The molecule has 1 saturated heterocycles. The molecule has 0 aliphatic carbocycles. The van der Waals surface area contributed by atoms with Crippen LogP contribution in [0.2, 0.25) is 0 Å². The lowest BCUT2D eigenvalue weighted by atomic mass is 10.3. The van der Waals surface area contributed by atoms with Gasteiger partial charge in [0, 0.05) is 18.8 Å². The molecule has 0 amide bonds. The maximum Gasteiger partial charge on any atom is 0.0787 e. The fraction of sp³-hybridized carbons (Fsp3) is 1.00. The van der Waals surface area contributed by atoms with Gasteiger partial charge < -0.3 is 10.1 Å². The molecule has 0 aromatic heterocycles. The molecule has 0 bridgehead atoms. The highest BCUT2D eigenvalue weighted by Crippen LogP contribution is 1.96. The molecule has 1 fully saturated rings. The monoisotopic (exact) mass is 169 g/mol. The first-order chi connectivity index (χ1) is 3.93. The first kappa shape index (κ1) is 9.56. The Hall–Kier alpha value is 0.560. The molecule has 56 valence electrons. The molecule has 1 N–H and O–H groups in total. The Labute approximate surface area is 67.2 Å². The van der Waals surface area contributed by atoms with Crippen LogP contribution < -0.4 is 5.32 Å². The van der Waals surface area contributed by atoms with E-state index in [0.717, 1.165) is 25.4 Å². The van der Waals surface area contributed by atoms with E-state index >= 15 is 0 Å². The number of morpholine rings is 1. The van der Waals surface area contributed by atoms with Gasteiger partial charge in [0.25, 0.3) is 0 Å². The topological polar surface area (TPSA) is 21.3 Å². The van der Waals surface area contributed by atoms with Gasteiger partial charge >= 0.3 is 0 Å². The molecule has 2 nitrogen and oxygen atoms in total. The van der Waals surface area contributed by atoms with Crippen molar-refractivity contribution >= 4 is 25.0 Å². The van der Waals surface area contributed by atoms with E-state index in [1.54, 1.807) is 0 Å². The lowest BCUT2D eigenvalue weighted by molar-refractivity contribution is 0.0443. The van der Waals surface area contributed by atoms with Crippen molar-refractivity contribution in [1.29, 1.82) is 0 Å². The first-order valence-electron chi connectivity index (χ1n) is 2.86. The summed E-state index contributed by atoms with van der Waals surface area (Å²) in [5, 5.41) is 3.21. The van der Waals surface area contributed by atoms with Crippen LogP contribution in [0.15, 0.2) is 0 Å². The molecule has 0 aromatic carbocycles. The van der Waals surface area contributed by atoms with Gasteiger partial charge in [-0.25, -0.2) is 0 Å². The summed E-state index contributed by atoms with van der Waals surface area (Å²) in [6.45, 7) is 2.79. The minimum atomic E-state index is 0. The van der Waals surface area contributed by atoms with Crippen LogP contribution in [0.3, 0.4) is 0 Å². The highest BCUT2D eigenvalue weighted by Gasteiger charge is 2.09. The number of hydrogen-bond donors (Lipinski definition) is 2. The molecule has 9 heavy (non-hydrogen) atoms. The highest BCUT2D eigenvalue weighted by molar-refractivity contribution is 7.80. The second kappa shape index (κ2) is 5.35. The van der Waals surface area contributed by atoms with E-state index < -0.39 is 0 Å². The SMILES string of the molecule is Cl.SC[C@H]1CNCCO1. The summed E-state index contributed by atoms with van der Waals surface area (Å²) in [5.41, 5.74) is 0. The van der Waals surface area contributed by atoms with Crippen LogP contribution in [-0.2, 0) is 4.74 Å². The van der Waals surface area contributed by atoms with Crippen LogP contribution in [0.4, 0.5) is 0 Å². The number of ether oxygens (including phenoxy) is 1. The molecular weight excluding hydrogens is 158 g/mol. The van der Waals surface area contributed by atoms with E-state index in [9.17, 15) is 0 Å². The van der Waals surface area contributed by atoms with Crippen molar-refractivity contribution in [1.82, 2.24) is 5.32 Å². The number of rotatable bonds is 1. The van der Waals surface area contributed by atoms with Gasteiger partial charge in [-0.05, 0) is 0 Å². The fourth-order valence-electron chi connectivity index (χ4n) is 0.737. The minimum absolute atomic E-state index is 0. The molecule has 0 aromatic rings. The maximum atomic E-state index is 5.29. The fourth-order valence-corrected chi connectivity index (χ4v) is 0.971. The molecule has 0 radical (unpaired) electrons. The van der Waals surface area contributed by atoms with Gasteiger partial charge in [0.15, 0.2) is 0 Å². The van der Waals surface area contributed by atoms with Crippen LogP contribution >= 0.6 is 25.0 Å². The minimum Gasteiger partial charge on any atom is -0.375 e. The number of nitrogens with one attached hydrogen (secondary N) is 1. The summed E-state index contributed by atoms with van der Waals surface area (Å²) in [6.07, 6.45) is 0.340. The van der Waals surface area contributed by atoms with Crippen LogP contribution in [0, 0.1) is 0 Å². The molecule has 4 heteroatoms. The van der Waals surface area contributed by atoms with Gasteiger partial charge in [-0.1, -0.05) is 0 Å². The molecule has 0 unspecified atom stereocenters. The van der Waals surface area contributed by atoms with Gasteiger partial charge in [-0.2, -0.15) is 12.6 Å². The predicted molar refractivity (Wildman–Crippen MR) is 43.7 cm³/mol. The zero-order valence-electron chi connectivity index (χ0n) is 5.17. The van der Waals surface area contributed by atoms with Crippen molar-refractivity contribution in [3.63, 3.8) is 0 Å². The van der Waals surface area contributed by atoms with Crippen molar-refractivity contribution in [2.75, 3.05) is 25.4 Å². The first-order valence-corrected chi connectivity index (χ1v) is 3.50. The summed E-state index contributed by atoms with van der Waals surface area (Å²) in [4.78, 5) is 0. The Morgan fingerprint density at radius 3 is 2.78 bits per heavy atom. The summed E-state index contributed by atoms with van der Waals surface area (Å²) in [5.74, 6) is 0.826. The smallest absolute Gasteiger partial charge is 0.0787 e. The Bertz CT molecular complexity index is 68.0. The molecular formula is C5H12ClNOS. The normalized spacial score (nSPS) is 27.0. The molecule has 1 heterocycles. The van der Waals surface area contributed by atoms with Crippen LogP contribution in [0.25, 0.3) is 0 Å². The maximum absolute atomic E-state index is 5.29. The third kappa shape index (κ3) is 3.30. The van der Waals surface area contributed by atoms with E-state index in [1.807, 2.05) is 0 Å². The van der Waals surface area contributed by atoms with Gasteiger partial charge in [0.2, 0.25) is 0 Å². The van der Waals surface area contributed by atoms with E-state index in [4.69, 9.17) is 4.74 Å². The van der Waals surface area contributed by atoms with Gasteiger partial charge in [0.1, 0.15) is 0 Å². The second-order valence-corrected chi connectivity index (χ2v) is 2.24. The molecule has 0 saturated carbocycles. The number of thiol groups is 1. The molecule has 1 aliphatic rings. The molecule has 1 atom stereocenters. The molecule has 0 spiro atoms. The number of halogens is 1. The second-order valence-electron chi connectivity index (χ2n) is 1.88. The van der Waals surface area contributed by atoms with Crippen molar-refractivity contribution in [3.05, 3.63) is 0 Å². The van der Waals surface area contributed by atoms with Crippen molar-refractivity contribution in [3.8, 4) is 0 Å². The van der Waals surface area contributed by atoms with Crippen molar-refractivity contribution in [2.45, 2.75) is 6.10 Å². The largest absolute Gasteiger partial charge is 0.375 e. The third-order valence-electron chi connectivity index (χ3n) is 1.21. The molecule has 1 aliphatic heterocycles. The zero-order chi connectivity index (χ0) is 5.82. The highest BCUT2D eigenvalue weighted by atomic mass is 35.5. The summed E-state index contributed by atoms with van der Waals surface area (Å²) < 4.78 is 5.29. The van der Waals surface area contributed by atoms with Crippen LogP contribution in [-0.4, -0.2) is 31.6 Å². The Balaban J connectivity index is 0.000000640. The van der Waals surface area contributed by atoms with Crippen molar-refractivity contribution in [2.24, 2.45) is 0 Å². The van der Waals surface area contributed by atoms with Crippen molar-refractivity contribution < 1.29 is 4.74 Å². The van der Waals surface area contributed by atoms with E-state index in [-0.39, 0.29) is 12.4 Å².